The van der Waals surface area contributed by atoms with Crippen LogP contribution >= 0.6 is 11.3 Å². The third-order valence-electron chi connectivity index (χ3n) is 4.13. The average Bonchev–Trinajstić information content (AvgIpc) is 3.15. The molecule has 2 aromatic heterocycles. The lowest BCUT2D eigenvalue weighted by atomic mass is 10.1. The minimum atomic E-state index is 0. The summed E-state index contributed by atoms with van der Waals surface area (Å²) in [4.78, 5) is 3.48. The lowest BCUT2D eigenvalue weighted by Gasteiger charge is -1.99. The molecular formula is C19H17BrN4S. The number of fused-ring (bicyclic) bond motifs is 1. The zero-order valence-electron chi connectivity index (χ0n) is 13.9. The van der Waals surface area contributed by atoms with Crippen LogP contribution in [-0.4, -0.2) is 9.55 Å². The summed E-state index contributed by atoms with van der Waals surface area (Å²) in [7, 11) is 2.01. The topological polar surface area (TPSA) is 45.4 Å². The maximum absolute atomic E-state index is 4.60. The first-order chi connectivity index (χ1) is 11.7. The second-order valence-corrected chi connectivity index (χ2v) is 6.52. The van der Waals surface area contributed by atoms with Gasteiger partial charge in [0.15, 0.2) is 11.1 Å². The first-order valence-electron chi connectivity index (χ1n) is 7.76. The summed E-state index contributed by atoms with van der Waals surface area (Å²) in [6.45, 7) is 2.07. The number of hydrogen-bond acceptors (Lipinski definition) is 3. The van der Waals surface area contributed by atoms with Gasteiger partial charge in [-0.3, -0.25) is 0 Å². The Hall–Kier alpha value is -2.31. The molecule has 0 bridgehead atoms. The summed E-state index contributed by atoms with van der Waals surface area (Å²) in [5.74, 6) is 0. The van der Waals surface area contributed by atoms with Crippen LogP contribution in [0.1, 0.15) is 5.69 Å². The van der Waals surface area contributed by atoms with Crippen molar-refractivity contribution in [3.8, 4) is 11.3 Å². The van der Waals surface area contributed by atoms with Gasteiger partial charge in [-0.15, -0.1) is 5.11 Å². The fourth-order valence-electron chi connectivity index (χ4n) is 2.68. The molecule has 0 amide bonds. The molecule has 0 radical (unpaired) electrons. The van der Waals surface area contributed by atoms with Gasteiger partial charge in [0, 0.05) is 41.8 Å². The SMILES string of the molecule is Cc1cs[c+](N=Nc2c(-c3ccccc3)[nH]c3ccccc23)n1C.[Br-]. The summed E-state index contributed by atoms with van der Waals surface area (Å²) in [6, 6.07) is 18.4. The molecule has 126 valence electrons. The standard InChI is InChI=1S/C19H17N4S.BrH/c1-13-12-24-19(23(13)2)22-21-18-15-10-6-7-11-16(15)20-17(18)14-8-4-3-5-9-14;/h3-12,20H,1-2H3;1H/q+1;/p-1. The van der Waals surface area contributed by atoms with Crippen LogP contribution in [0.3, 0.4) is 0 Å². The number of halogens is 1. The normalized spacial score (nSPS) is 11.1. The van der Waals surface area contributed by atoms with E-state index in [4.69, 9.17) is 0 Å². The van der Waals surface area contributed by atoms with E-state index in [0.717, 1.165) is 33.0 Å². The highest BCUT2D eigenvalue weighted by Crippen LogP contribution is 2.38. The number of benzene rings is 2. The van der Waals surface area contributed by atoms with Crippen molar-refractivity contribution in [1.29, 1.82) is 0 Å². The van der Waals surface area contributed by atoms with Gasteiger partial charge in [0.05, 0.1) is 5.69 Å². The minimum absolute atomic E-state index is 0. The van der Waals surface area contributed by atoms with E-state index in [1.807, 2.05) is 41.9 Å². The van der Waals surface area contributed by atoms with Crippen molar-refractivity contribution in [3.05, 3.63) is 65.7 Å². The number of hydrogen-bond donors (Lipinski definition) is 1. The highest BCUT2D eigenvalue weighted by atomic mass is 79.9. The van der Waals surface area contributed by atoms with E-state index in [0.29, 0.717) is 0 Å². The van der Waals surface area contributed by atoms with Gasteiger partial charge in [-0.25, -0.2) is 4.57 Å². The summed E-state index contributed by atoms with van der Waals surface area (Å²) in [5, 5.41) is 13.1. The molecule has 0 atom stereocenters. The number of rotatable bonds is 3. The monoisotopic (exact) mass is 412 g/mol. The number of thiazole rings is 1. The van der Waals surface area contributed by atoms with Gasteiger partial charge in [-0.1, -0.05) is 48.5 Å². The van der Waals surface area contributed by atoms with Crippen LogP contribution in [0.15, 0.2) is 70.2 Å². The van der Waals surface area contributed by atoms with E-state index in [2.05, 4.69) is 51.8 Å². The first kappa shape index (κ1) is 17.5. The first-order valence-corrected chi connectivity index (χ1v) is 8.64. The van der Waals surface area contributed by atoms with Crippen LogP contribution in [0.25, 0.3) is 22.2 Å². The third-order valence-corrected chi connectivity index (χ3v) is 5.15. The summed E-state index contributed by atoms with van der Waals surface area (Å²) >= 11 is 1.60. The summed E-state index contributed by atoms with van der Waals surface area (Å²) in [6.07, 6.45) is 0. The Labute approximate surface area is 160 Å². The second kappa shape index (κ2) is 7.29. The van der Waals surface area contributed by atoms with Crippen LogP contribution in [-0.2, 0) is 7.05 Å². The van der Waals surface area contributed by atoms with Crippen molar-refractivity contribution >= 4 is 33.1 Å². The average molecular weight is 413 g/mol. The van der Waals surface area contributed by atoms with E-state index in [9.17, 15) is 0 Å². The lowest BCUT2D eigenvalue weighted by Crippen LogP contribution is -3.00. The van der Waals surface area contributed by atoms with Crippen molar-refractivity contribution in [3.63, 3.8) is 0 Å². The van der Waals surface area contributed by atoms with Gasteiger partial charge >= 0.3 is 5.13 Å². The van der Waals surface area contributed by atoms with Crippen molar-refractivity contribution in [2.45, 2.75) is 6.92 Å². The Morgan fingerprint density at radius 2 is 1.76 bits per heavy atom. The summed E-state index contributed by atoms with van der Waals surface area (Å²) < 4.78 is 2.05. The fourth-order valence-corrected chi connectivity index (χ4v) is 3.50. The molecule has 0 aliphatic rings. The van der Waals surface area contributed by atoms with E-state index >= 15 is 0 Å². The molecule has 0 aliphatic carbocycles. The summed E-state index contributed by atoms with van der Waals surface area (Å²) in [5.41, 5.74) is 5.22. The Morgan fingerprint density at radius 1 is 1.04 bits per heavy atom. The molecule has 0 saturated heterocycles. The zero-order chi connectivity index (χ0) is 16.5. The Balaban J connectivity index is 0.00000182. The quantitative estimate of drug-likeness (QED) is 0.396. The highest BCUT2D eigenvalue weighted by molar-refractivity contribution is 7.13. The molecule has 4 rings (SSSR count). The number of para-hydroxylation sites is 1. The molecule has 0 saturated carbocycles. The van der Waals surface area contributed by atoms with Gasteiger partial charge in [-0.05, 0) is 11.2 Å². The van der Waals surface area contributed by atoms with Crippen molar-refractivity contribution in [1.82, 2.24) is 9.55 Å². The number of azo groups is 1. The molecule has 0 spiro atoms. The molecule has 1 N–H and O–H groups in total. The minimum Gasteiger partial charge on any atom is -1.00 e. The van der Waals surface area contributed by atoms with E-state index < -0.39 is 0 Å². The van der Waals surface area contributed by atoms with Gasteiger partial charge in [0.1, 0.15) is 5.69 Å². The van der Waals surface area contributed by atoms with E-state index in [1.54, 1.807) is 11.3 Å². The number of nitrogens with zero attached hydrogens (tertiary/aromatic N) is 3. The number of aromatic amines is 1. The number of aryl methyl sites for hydroxylation is 1. The molecule has 25 heavy (non-hydrogen) atoms. The van der Waals surface area contributed by atoms with E-state index in [-0.39, 0.29) is 17.0 Å². The Morgan fingerprint density at radius 3 is 2.48 bits per heavy atom. The van der Waals surface area contributed by atoms with E-state index in [1.165, 1.54) is 5.69 Å². The molecule has 6 heteroatoms. The molecule has 2 heterocycles. The third kappa shape index (κ3) is 3.27. The maximum Gasteiger partial charge on any atom is 0.317 e. The molecule has 0 unspecified atom stereocenters. The molecule has 4 aromatic rings. The molecule has 2 aromatic carbocycles. The van der Waals surface area contributed by atoms with Crippen molar-refractivity contribution in [2.24, 2.45) is 17.3 Å². The lowest BCUT2D eigenvalue weighted by molar-refractivity contribution is -0.00000487. The van der Waals surface area contributed by atoms with Crippen molar-refractivity contribution in [2.75, 3.05) is 0 Å². The van der Waals surface area contributed by atoms with Crippen LogP contribution < -0.4 is 17.0 Å². The van der Waals surface area contributed by atoms with Crippen LogP contribution in [0, 0.1) is 6.92 Å². The molecule has 0 fully saturated rings. The van der Waals surface area contributed by atoms with Crippen LogP contribution in [0.4, 0.5) is 10.8 Å². The van der Waals surface area contributed by atoms with Gasteiger partial charge in [0.2, 0.25) is 0 Å². The fraction of sp³-hybridized carbons (Fsp3) is 0.105. The smallest absolute Gasteiger partial charge is 0.317 e. The van der Waals surface area contributed by atoms with Gasteiger partial charge < -0.3 is 22.0 Å². The Kier molecular flexibility index (Phi) is 5.11. The predicted octanol–water partition coefficient (Wildman–Crippen LogP) is 3.24. The Bertz CT molecular complexity index is 1030. The molecule has 4 nitrogen and oxygen atoms in total. The highest BCUT2D eigenvalue weighted by Gasteiger charge is 2.15. The number of aromatic nitrogens is 2. The van der Waals surface area contributed by atoms with Gasteiger partial charge in [0.25, 0.3) is 0 Å². The second-order valence-electron chi connectivity index (χ2n) is 5.68. The number of nitrogens with one attached hydrogen (secondary N) is 1. The maximum atomic E-state index is 4.60. The zero-order valence-corrected chi connectivity index (χ0v) is 16.3. The predicted molar refractivity (Wildman–Crippen MR) is 100 cm³/mol. The molecule has 0 aliphatic heterocycles. The molecular weight excluding hydrogens is 396 g/mol. The van der Waals surface area contributed by atoms with Crippen molar-refractivity contribution < 1.29 is 17.0 Å². The van der Waals surface area contributed by atoms with Crippen LogP contribution in [0.2, 0.25) is 0 Å². The van der Waals surface area contributed by atoms with Gasteiger partial charge in [-0.2, -0.15) is 0 Å². The number of H-pyrrole nitrogens is 1. The largest absolute Gasteiger partial charge is 1.00 e. The van der Waals surface area contributed by atoms with Crippen LogP contribution in [0.5, 0.6) is 0 Å².